The maximum Gasteiger partial charge on any atom is 0.223 e. The maximum atomic E-state index is 4.48. The largest absolute Gasteiger partial charge is 0.354 e. The van der Waals surface area contributed by atoms with Crippen molar-refractivity contribution in [1.82, 2.24) is 15.0 Å². The number of anilines is 1. The van der Waals surface area contributed by atoms with Crippen LogP contribution in [0.5, 0.6) is 0 Å². The molecule has 0 aliphatic heterocycles. The highest BCUT2D eigenvalue weighted by Gasteiger charge is 2.05. The number of nitrogens with one attached hydrogen (secondary N) is 1. The van der Waals surface area contributed by atoms with Gasteiger partial charge in [-0.2, -0.15) is 0 Å². The first-order chi connectivity index (χ1) is 8.29. The average Bonchev–Trinajstić information content (AvgIpc) is 2.35. The molecule has 0 saturated heterocycles. The summed E-state index contributed by atoms with van der Waals surface area (Å²) >= 11 is 1.62. The predicted molar refractivity (Wildman–Crippen MR) is 69.3 cm³/mol. The van der Waals surface area contributed by atoms with Crippen LogP contribution in [0.15, 0.2) is 40.6 Å². The normalized spacial score (nSPS) is 10.2. The molecule has 0 unspecified atom stereocenters. The number of nitrogens with zero attached hydrogens (tertiary/aromatic N) is 3. The van der Waals surface area contributed by atoms with Crippen molar-refractivity contribution < 1.29 is 0 Å². The van der Waals surface area contributed by atoms with Gasteiger partial charge in [-0.15, -0.1) is 0 Å². The first-order valence-corrected chi connectivity index (χ1v) is 6.26. The molecule has 2 aromatic heterocycles. The van der Waals surface area contributed by atoms with Gasteiger partial charge in [0.15, 0.2) is 0 Å². The van der Waals surface area contributed by atoms with Crippen molar-refractivity contribution in [2.24, 2.45) is 0 Å². The number of hydrogen-bond donors (Lipinski definition) is 1. The van der Waals surface area contributed by atoms with Gasteiger partial charge in [-0.1, -0.05) is 11.8 Å². The van der Waals surface area contributed by atoms with Gasteiger partial charge in [0.1, 0.15) is 5.03 Å². The van der Waals surface area contributed by atoms with Crippen LogP contribution < -0.4 is 5.32 Å². The quantitative estimate of drug-likeness (QED) is 0.841. The van der Waals surface area contributed by atoms with Gasteiger partial charge in [-0.25, -0.2) is 9.97 Å². The Hall–Kier alpha value is -1.62. The molecule has 88 valence electrons. The van der Waals surface area contributed by atoms with Crippen molar-refractivity contribution >= 4 is 17.7 Å². The number of rotatable bonds is 4. The standard InChI is InChI=1S/C12H14N4S/c1-3-14-12-15-8-9(2)11(16-12)17-10-4-6-13-7-5-10/h4-8H,3H2,1-2H3,(H,14,15,16). The smallest absolute Gasteiger partial charge is 0.223 e. The summed E-state index contributed by atoms with van der Waals surface area (Å²) in [6.45, 7) is 4.86. The molecule has 2 rings (SSSR count). The van der Waals surface area contributed by atoms with Crippen LogP contribution in [0.1, 0.15) is 12.5 Å². The minimum atomic E-state index is 0.676. The average molecular weight is 246 g/mol. The Bertz CT molecular complexity index is 487. The van der Waals surface area contributed by atoms with E-state index in [9.17, 15) is 0 Å². The fourth-order valence-corrected chi connectivity index (χ4v) is 2.12. The van der Waals surface area contributed by atoms with E-state index < -0.39 is 0 Å². The van der Waals surface area contributed by atoms with Crippen LogP contribution in [0, 0.1) is 6.92 Å². The Morgan fingerprint density at radius 1 is 1.29 bits per heavy atom. The minimum absolute atomic E-state index is 0.676. The molecule has 1 N–H and O–H groups in total. The topological polar surface area (TPSA) is 50.7 Å². The molecule has 5 heteroatoms. The highest BCUT2D eigenvalue weighted by atomic mass is 32.2. The van der Waals surface area contributed by atoms with Crippen LogP contribution in [0.2, 0.25) is 0 Å². The summed E-state index contributed by atoms with van der Waals surface area (Å²) in [5.74, 6) is 0.676. The first-order valence-electron chi connectivity index (χ1n) is 5.45. The van der Waals surface area contributed by atoms with E-state index in [4.69, 9.17) is 0 Å². The van der Waals surface area contributed by atoms with Gasteiger partial charge >= 0.3 is 0 Å². The third-order valence-electron chi connectivity index (χ3n) is 2.12. The van der Waals surface area contributed by atoms with Crippen LogP contribution in [0.3, 0.4) is 0 Å². The molecule has 4 nitrogen and oxygen atoms in total. The molecule has 0 amide bonds. The predicted octanol–water partition coefficient (Wildman–Crippen LogP) is 2.76. The van der Waals surface area contributed by atoms with Crippen LogP contribution >= 0.6 is 11.8 Å². The van der Waals surface area contributed by atoms with E-state index in [1.165, 1.54) is 0 Å². The minimum Gasteiger partial charge on any atom is -0.354 e. The highest BCUT2D eigenvalue weighted by Crippen LogP contribution is 2.28. The van der Waals surface area contributed by atoms with Crippen LogP contribution in [-0.2, 0) is 0 Å². The fraction of sp³-hybridized carbons (Fsp3) is 0.250. The first kappa shape index (κ1) is 11.9. The molecule has 0 aliphatic rings. The SMILES string of the molecule is CCNc1ncc(C)c(Sc2ccncc2)n1. The molecule has 2 aromatic rings. The summed E-state index contributed by atoms with van der Waals surface area (Å²) in [6.07, 6.45) is 5.41. The van der Waals surface area contributed by atoms with Gasteiger partial charge in [0.25, 0.3) is 0 Å². The van der Waals surface area contributed by atoms with Crippen LogP contribution in [0.25, 0.3) is 0 Å². The van der Waals surface area contributed by atoms with Gasteiger partial charge in [0.05, 0.1) is 0 Å². The molecule has 0 saturated carbocycles. The Morgan fingerprint density at radius 3 is 2.76 bits per heavy atom. The van der Waals surface area contributed by atoms with Gasteiger partial charge in [0.2, 0.25) is 5.95 Å². The Labute approximate surface area is 105 Å². The van der Waals surface area contributed by atoms with Gasteiger partial charge in [0, 0.05) is 35.6 Å². The van der Waals surface area contributed by atoms with Gasteiger partial charge in [-0.3, -0.25) is 4.98 Å². The molecule has 0 atom stereocenters. The van der Waals surface area contributed by atoms with E-state index in [1.54, 1.807) is 24.2 Å². The second kappa shape index (κ2) is 5.63. The van der Waals surface area contributed by atoms with Crippen molar-refractivity contribution in [1.29, 1.82) is 0 Å². The van der Waals surface area contributed by atoms with Crippen molar-refractivity contribution in [3.8, 4) is 0 Å². The van der Waals surface area contributed by atoms with Crippen molar-refractivity contribution in [2.45, 2.75) is 23.8 Å². The van der Waals surface area contributed by atoms with E-state index in [-0.39, 0.29) is 0 Å². The lowest BCUT2D eigenvalue weighted by Gasteiger charge is -2.07. The number of aryl methyl sites for hydroxylation is 1. The van der Waals surface area contributed by atoms with Crippen molar-refractivity contribution in [2.75, 3.05) is 11.9 Å². The Morgan fingerprint density at radius 2 is 2.06 bits per heavy atom. The van der Waals surface area contributed by atoms with E-state index in [1.807, 2.05) is 32.2 Å². The van der Waals surface area contributed by atoms with E-state index >= 15 is 0 Å². The van der Waals surface area contributed by atoms with Crippen LogP contribution in [-0.4, -0.2) is 21.5 Å². The number of aromatic nitrogens is 3. The summed E-state index contributed by atoms with van der Waals surface area (Å²) < 4.78 is 0. The summed E-state index contributed by atoms with van der Waals surface area (Å²) in [4.78, 5) is 13.8. The lowest BCUT2D eigenvalue weighted by molar-refractivity contribution is 0.983. The molecular weight excluding hydrogens is 232 g/mol. The zero-order chi connectivity index (χ0) is 12.1. The zero-order valence-electron chi connectivity index (χ0n) is 9.84. The summed E-state index contributed by atoms with van der Waals surface area (Å²) in [5, 5.41) is 4.09. The van der Waals surface area contributed by atoms with E-state index in [2.05, 4.69) is 20.3 Å². The van der Waals surface area contributed by atoms with Gasteiger partial charge in [-0.05, 0) is 26.0 Å². The second-order valence-corrected chi connectivity index (χ2v) is 4.56. The monoisotopic (exact) mass is 246 g/mol. The lowest BCUT2D eigenvalue weighted by atomic mass is 10.4. The van der Waals surface area contributed by atoms with Crippen molar-refractivity contribution in [3.63, 3.8) is 0 Å². The molecule has 0 aromatic carbocycles. The van der Waals surface area contributed by atoms with Gasteiger partial charge < -0.3 is 5.32 Å². The summed E-state index contributed by atoms with van der Waals surface area (Å²) in [5.41, 5.74) is 1.08. The molecule has 2 heterocycles. The molecule has 0 fully saturated rings. The Balaban J connectivity index is 2.22. The molecule has 0 spiro atoms. The number of pyridine rings is 1. The second-order valence-electron chi connectivity index (χ2n) is 3.50. The zero-order valence-corrected chi connectivity index (χ0v) is 10.7. The Kier molecular flexibility index (Phi) is 3.93. The molecular formula is C12H14N4S. The highest BCUT2D eigenvalue weighted by molar-refractivity contribution is 7.99. The van der Waals surface area contributed by atoms with E-state index in [0.29, 0.717) is 5.95 Å². The third kappa shape index (κ3) is 3.17. The maximum absolute atomic E-state index is 4.48. The van der Waals surface area contributed by atoms with Crippen molar-refractivity contribution in [3.05, 3.63) is 36.3 Å². The third-order valence-corrected chi connectivity index (χ3v) is 3.24. The summed E-state index contributed by atoms with van der Waals surface area (Å²) in [7, 11) is 0. The molecule has 17 heavy (non-hydrogen) atoms. The summed E-state index contributed by atoms with van der Waals surface area (Å²) in [6, 6.07) is 3.94. The number of hydrogen-bond acceptors (Lipinski definition) is 5. The van der Waals surface area contributed by atoms with Crippen LogP contribution in [0.4, 0.5) is 5.95 Å². The lowest BCUT2D eigenvalue weighted by Crippen LogP contribution is -2.03. The van der Waals surface area contributed by atoms with E-state index in [0.717, 1.165) is 22.0 Å². The molecule has 0 aliphatic carbocycles. The fourth-order valence-electron chi connectivity index (χ4n) is 1.29. The molecule has 0 radical (unpaired) electrons. The molecule has 0 bridgehead atoms.